The summed E-state index contributed by atoms with van der Waals surface area (Å²) in [6, 6.07) is 41.1. The summed E-state index contributed by atoms with van der Waals surface area (Å²) in [7, 11) is 1.45. The first-order valence-electron chi connectivity index (χ1n) is 40.3. The zero-order chi connectivity index (χ0) is 86.3. The average Bonchev–Trinajstić information content (AvgIpc) is 1.63. The van der Waals surface area contributed by atoms with Gasteiger partial charge in [-0.3, -0.25) is 29.4 Å². The number of hydrogen-bond donors (Lipinski definition) is 5. The summed E-state index contributed by atoms with van der Waals surface area (Å²) in [5.74, 6) is -0.512. The van der Waals surface area contributed by atoms with Gasteiger partial charge in [0.2, 0.25) is 11.8 Å². The molecule has 0 aromatic heterocycles. The highest BCUT2D eigenvalue weighted by atomic mass is 28.4. The smallest absolute Gasteiger partial charge is 0.411 e. The SMILES string of the molecule is C=CCOC(=O)NC(C(=O)NC(C)C(=O)Nc1ccc(COC(=O)Nc2cc(OCCCCCOc3cc(N(CC4c5ccccc5-c5ccccc54)C(=O)O)c(C(=O)N4C=C(c5ccc(OC)cc5)CC4CO[Si](C)(C)C(C)(C)C)cc3OC)c(OC)cc2C(=O)N2C=C(c3ccc(OC)cc3)CC2CO[Si](C)(C)C(C)(C)C)cc1)C(C)C. The number of methoxy groups -OCH3 is 4. The third-order valence-corrected chi connectivity index (χ3v) is 31.9. The van der Waals surface area contributed by atoms with E-state index in [1.807, 2.05) is 109 Å². The molecule has 5 N–H and O–H groups in total. The number of nitrogens with zero attached hydrogens (tertiary/aromatic N) is 3. The summed E-state index contributed by atoms with van der Waals surface area (Å²) in [6.07, 6.45) is 4.57. The van der Waals surface area contributed by atoms with Gasteiger partial charge in [-0.15, -0.1) is 0 Å². The van der Waals surface area contributed by atoms with Crippen LogP contribution in [0.1, 0.15) is 149 Å². The number of alkyl carbamates (subject to hydrolysis) is 1. The highest BCUT2D eigenvalue weighted by Crippen LogP contribution is 2.48. The maximum atomic E-state index is 15.8. The molecule has 119 heavy (non-hydrogen) atoms. The molecule has 3 aliphatic rings. The van der Waals surface area contributed by atoms with Crippen LogP contribution in [0.4, 0.5) is 31.4 Å². The molecule has 0 saturated carbocycles. The number of unbranched alkanes of at least 4 members (excludes halogenated alkanes) is 2. The molecule has 7 aromatic rings. The first kappa shape index (κ1) is 89.9. The molecule has 27 heteroatoms. The van der Waals surface area contributed by atoms with Crippen LogP contribution in [0.25, 0.3) is 22.3 Å². The number of carboxylic acid groups (broad SMARTS) is 1. The molecule has 4 unspecified atom stereocenters. The number of carbonyl (C=O) groups excluding carboxylic acids is 6. The zero-order valence-corrected chi connectivity index (χ0v) is 73.5. The molecule has 0 radical (unpaired) electrons. The Labute approximate surface area is 700 Å². The lowest BCUT2D eigenvalue weighted by molar-refractivity contribution is -0.128. The van der Waals surface area contributed by atoms with Gasteiger partial charge in [-0.25, -0.2) is 14.4 Å². The van der Waals surface area contributed by atoms with Crippen molar-refractivity contribution in [3.8, 4) is 45.6 Å². The molecule has 634 valence electrons. The highest BCUT2D eigenvalue weighted by Gasteiger charge is 2.44. The van der Waals surface area contributed by atoms with Crippen LogP contribution in [0, 0.1) is 5.92 Å². The van der Waals surface area contributed by atoms with Crippen molar-refractivity contribution in [2.45, 2.75) is 167 Å². The summed E-state index contributed by atoms with van der Waals surface area (Å²) >= 11 is 0. The number of anilines is 3. The van der Waals surface area contributed by atoms with Crippen LogP contribution in [0.15, 0.2) is 171 Å². The van der Waals surface area contributed by atoms with Gasteiger partial charge in [-0.2, -0.15) is 0 Å². The third-order valence-electron chi connectivity index (χ3n) is 22.9. The predicted molar refractivity (Wildman–Crippen MR) is 467 cm³/mol. The fourth-order valence-corrected chi connectivity index (χ4v) is 15.9. The quantitative estimate of drug-likeness (QED) is 0.0139. The van der Waals surface area contributed by atoms with E-state index < -0.39 is 88.6 Å². The van der Waals surface area contributed by atoms with Crippen molar-refractivity contribution in [2.24, 2.45) is 5.92 Å². The summed E-state index contributed by atoms with van der Waals surface area (Å²) in [5.41, 5.74) is 8.79. The van der Waals surface area contributed by atoms with E-state index in [2.05, 4.69) is 95.6 Å². The van der Waals surface area contributed by atoms with Gasteiger partial charge in [0.1, 0.15) is 36.8 Å². The van der Waals surface area contributed by atoms with E-state index in [-0.39, 0.29) is 108 Å². The fraction of sp³-hybridized carbons (Fsp3) is 0.402. The minimum Gasteiger partial charge on any atom is -0.497 e. The molecular formula is C92H115N7O18Si2. The Morgan fingerprint density at radius 2 is 1.05 bits per heavy atom. The second-order valence-electron chi connectivity index (χ2n) is 33.4. The lowest BCUT2D eigenvalue weighted by Gasteiger charge is -2.38. The second kappa shape index (κ2) is 39.4. The van der Waals surface area contributed by atoms with E-state index in [1.165, 1.54) is 44.3 Å². The van der Waals surface area contributed by atoms with Crippen LogP contribution in [-0.4, -0.2) is 166 Å². The Morgan fingerprint density at radius 3 is 1.52 bits per heavy atom. The molecule has 0 fully saturated rings. The van der Waals surface area contributed by atoms with E-state index >= 15 is 9.59 Å². The molecular weight excluding hydrogens is 1550 g/mol. The number of benzene rings is 7. The highest BCUT2D eigenvalue weighted by molar-refractivity contribution is 6.74. The van der Waals surface area contributed by atoms with Gasteiger partial charge < -0.3 is 77.6 Å². The van der Waals surface area contributed by atoms with Gasteiger partial charge >= 0.3 is 18.3 Å². The Morgan fingerprint density at radius 1 is 0.563 bits per heavy atom. The predicted octanol–water partition coefficient (Wildman–Crippen LogP) is 18.3. The van der Waals surface area contributed by atoms with Gasteiger partial charge in [0.25, 0.3) is 11.8 Å². The Kier molecular flexibility index (Phi) is 29.8. The fourth-order valence-electron chi connectivity index (χ4n) is 13.8. The van der Waals surface area contributed by atoms with Crippen molar-refractivity contribution < 1.29 is 85.4 Å². The third kappa shape index (κ3) is 22.1. The summed E-state index contributed by atoms with van der Waals surface area (Å²) in [5, 5.41) is 22.1. The normalized spacial score (nSPS) is 15.1. The van der Waals surface area contributed by atoms with Crippen LogP contribution in [0.2, 0.25) is 36.3 Å². The number of fused-ring (bicyclic) bond motifs is 3. The van der Waals surface area contributed by atoms with Crippen LogP contribution in [0.5, 0.6) is 34.5 Å². The minimum absolute atomic E-state index is 0.0335. The number of nitrogens with one attached hydrogen (secondary N) is 4. The number of rotatable bonds is 36. The van der Waals surface area contributed by atoms with Crippen molar-refractivity contribution in [1.29, 1.82) is 0 Å². The van der Waals surface area contributed by atoms with Crippen LogP contribution in [-0.2, 0) is 34.5 Å². The van der Waals surface area contributed by atoms with E-state index in [9.17, 15) is 29.1 Å². The molecule has 2 heterocycles. The lowest BCUT2D eigenvalue weighted by Crippen LogP contribution is -2.53. The van der Waals surface area contributed by atoms with Gasteiger partial charge in [0, 0.05) is 42.7 Å². The van der Waals surface area contributed by atoms with E-state index in [0.717, 1.165) is 44.5 Å². The largest absolute Gasteiger partial charge is 0.497 e. The van der Waals surface area contributed by atoms with Gasteiger partial charge in [0.05, 0.1) is 89.5 Å². The molecule has 0 saturated heterocycles. The van der Waals surface area contributed by atoms with E-state index in [1.54, 1.807) is 74.3 Å². The standard InChI is InChI=1S/C92H115N7O18Si2/c1-19-43-114-89(105)96-83(58(2)3)85(101)93-59(4)84(100)94-65-37-31-60(32-38-65)55-115-88(104)95-77-50-81(79(110-13)48-74(77)86(102)97-52-63(61-33-39-68(108-11)40-34-61)46-66(97)56-116-118(15,16)91(5,6)7)112-44-25-20-26-45-113-82-51-78(99(90(106)107)54-76-72-29-23-21-27-70(72)71-28-22-24-30-73(71)76)75(49-80(82)111-14)87(103)98-53-64(62-35-41-69(109-12)42-36-62)47-67(98)57-117-119(17,18)92(8,9)10/h19,21-24,27-42,48-53,58-59,66-67,76,83H,1,20,25-26,43-47,54-57H2,2-18H3,(H,93,101)(H,94,100)(H,95,104)(H,96,105)(H,106,107). The Bertz CT molecular complexity index is 4820. The number of carbonyl (C=O) groups is 7. The maximum absolute atomic E-state index is 15.8. The molecule has 2 aliphatic heterocycles. The van der Waals surface area contributed by atoms with Crippen LogP contribution >= 0.6 is 0 Å². The monoisotopic (exact) mass is 1660 g/mol. The van der Waals surface area contributed by atoms with Crippen molar-refractivity contribution in [2.75, 3.05) is 83.6 Å². The van der Waals surface area contributed by atoms with Crippen LogP contribution < -0.4 is 54.6 Å². The van der Waals surface area contributed by atoms with Gasteiger partial charge in [-0.05, 0) is 180 Å². The van der Waals surface area contributed by atoms with Crippen molar-refractivity contribution in [3.63, 3.8) is 0 Å². The molecule has 10 rings (SSSR count). The lowest BCUT2D eigenvalue weighted by atomic mass is 9.95. The zero-order valence-electron chi connectivity index (χ0n) is 71.5. The summed E-state index contributed by atoms with van der Waals surface area (Å²) in [6.45, 7) is 30.6. The van der Waals surface area contributed by atoms with Crippen molar-refractivity contribution in [1.82, 2.24) is 20.4 Å². The summed E-state index contributed by atoms with van der Waals surface area (Å²) < 4.78 is 60.6. The molecule has 0 spiro atoms. The van der Waals surface area contributed by atoms with E-state index in [0.29, 0.717) is 54.9 Å². The molecule has 7 aromatic carbocycles. The maximum Gasteiger partial charge on any atom is 0.411 e. The first-order chi connectivity index (χ1) is 56.6. The Balaban J connectivity index is 0.888. The first-order valence-corrected chi connectivity index (χ1v) is 46.1. The number of ether oxygens (including phenoxy) is 8. The summed E-state index contributed by atoms with van der Waals surface area (Å²) in [4.78, 5) is 103. The molecule has 7 amide bonds. The topological polar surface area (TPSA) is 290 Å². The Hall–Kier alpha value is -11.4. The number of amides is 7. The van der Waals surface area contributed by atoms with Crippen LogP contribution in [0.3, 0.4) is 0 Å². The molecule has 1 aliphatic carbocycles. The number of hydrogen-bond acceptors (Lipinski definition) is 17. The molecule has 4 atom stereocenters. The average molecular weight is 1660 g/mol. The molecule has 25 nitrogen and oxygen atoms in total. The minimum atomic E-state index is -2.35. The molecule has 0 bridgehead atoms. The van der Waals surface area contributed by atoms with E-state index in [4.69, 9.17) is 46.7 Å². The van der Waals surface area contributed by atoms with Crippen molar-refractivity contribution in [3.05, 3.63) is 210 Å². The van der Waals surface area contributed by atoms with Gasteiger partial charge in [0.15, 0.2) is 39.6 Å². The second-order valence-corrected chi connectivity index (χ2v) is 43.0. The van der Waals surface area contributed by atoms with Gasteiger partial charge in [-0.1, -0.05) is 153 Å². The van der Waals surface area contributed by atoms with Crippen molar-refractivity contribution >= 4 is 86.8 Å².